The molecule has 2 aromatic heterocycles. The quantitative estimate of drug-likeness (QED) is 0.0244. The highest BCUT2D eigenvalue weighted by Crippen LogP contribution is 2.24. The van der Waals surface area contributed by atoms with E-state index in [-0.39, 0.29) is 88.9 Å². The lowest BCUT2D eigenvalue weighted by Crippen LogP contribution is -2.62. The van der Waals surface area contributed by atoms with Gasteiger partial charge in [0.25, 0.3) is 5.91 Å². The van der Waals surface area contributed by atoms with Gasteiger partial charge in [0.05, 0.1) is 25.4 Å². The summed E-state index contributed by atoms with van der Waals surface area (Å²) in [5.41, 5.74) is 15.2. The molecule has 4 heterocycles. The zero-order chi connectivity index (χ0) is 89.2. The van der Waals surface area contributed by atoms with Crippen molar-refractivity contribution < 1.29 is 72.2 Å². The Kier molecular flexibility index (Phi) is 37.2. The smallest absolute Gasteiger partial charge is 0.319 e. The highest BCUT2D eigenvalue weighted by Gasteiger charge is 2.41. The van der Waals surface area contributed by atoms with Crippen LogP contribution in [0.15, 0.2) is 164 Å². The summed E-state index contributed by atoms with van der Waals surface area (Å²) in [7, 11) is 0. The van der Waals surface area contributed by atoms with E-state index in [1.807, 2.05) is 76.2 Å². The van der Waals surface area contributed by atoms with E-state index in [0.29, 0.717) is 103 Å². The number of rotatable bonds is 45. The second-order valence-electron chi connectivity index (χ2n) is 31.7. The molecule has 0 saturated carbocycles. The fraction of sp³-hybridized carbons (Fsp3) is 0.427. The number of primary amides is 2. The van der Waals surface area contributed by atoms with Crippen molar-refractivity contribution in [3.63, 3.8) is 0 Å². The number of likely N-dealkylation sites (tertiary alicyclic amines) is 1. The SMILES string of the molecule is CC(C)C[C@H](NC(=O)[C@@H](Cc1ccc(NC(=O)NCCNC(=O)c2cccnc2)cc1)NC(=O)[C@H](Cc1ccc(CN2CCOCC2)cc1)NC(=O)[C@H](CO)NC(=O)[C@@H](Cc1cccnc1)NC(=O)[C@@H](Cc1ccc(Cl)cc1)NC(=O)[C@@H](Cc1ccc2ccccc2c1)NC(N)=O)C(=O)N[C@@H](CCCCNC(C)C)C(=O)N1CCC[C@H]1C(=O)N[C@H](C)C(N)=O. The van der Waals surface area contributed by atoms with Crippen LogP contribution in [0.5, 0.6) is 0 Å². The number of halogens is 1. The second kappa shape index (κ2) is 48.4. The van der Waals surface area contributed by atoms with E-state index < -0.39 is 138 Å². The van der Waals surface area contributed by atoms with Gasteiger partial charge in [-0.2, -0.15) is 0 Å². The minimum Gasteiger partial charge on any atom is -0.394 e. The lowest BCUT2D eigenvalue weighted by atomic mass is 9.99. The number of aromatic nitrogens is 2. The number of carbonyl (C=O) groups is 13. The third-order valence-electron chi connectivity index (χ3n) is 21.0. The van der Waals surface area contributed by atoms with Crippen LogP contribution in [-0.4, -0.2) is 227 Å². The molecule has 5 aromatic carbocycles. The van der Waals surface area contributed by atoms with Crippen LogP contribution in [0.25, 0.3) is 10.8 Å². The zero-order valence-corrected chi connectivity index (χ0v) is 71.1. The van der Waals surface area contributed by atoms with E-state index in [0.717, 1.165) is 16.3 Å². The van der Waals surface area contributed by atoms with Crippen LogP contribution < -0.4 is 80.6 Å². The minimum atomic E-state index is -1.86. The highest BCUT2D eigenvalue weighted by molar-refractivity contribution is 6.30. The van der Waals surface area contributed by atoms with E-state index in [1.165, 1.54) is 36.6 Å². The number of nitrogens with two attached hydrogens (primary N) is 2. The Balaban J connectivity index is 1.00. The number of pyridine rings is 2. The number of benzene rings is 5. The van der Waals surface area contributed by atoms with Crippen LogP contribution in [0.2, 0.25) is 5.02 Å². The molecule has 0 bridgehead atoms. The first-order chi connectivity index (χ1) is 59.5. The minimum absolute atomic E-state index is 0.00218. The van der Waals surface area contributed by atoms with Crippen molar-refractivity contribution in [2.75, 3.05) is 64.4 Å². The normalized spacial score (nSPS) is 15.5. The summed E-state index contributed by atoms with van der Waals surface area (Å²) in [5, 5.41) is 49.4. The number of unbranched alkanes of at least 4 members (excludes halogenated alkanes) is 1. The summed E-state index contributed by atoms with van der Waals surface area (Å²) in [6.45, 7) is 11.9. The number of morpholine rings is 1. The summed E-state index contributed by atoms with van der Waals surface area (Å²) in [4.78, 5) is 197. The van der Waals surface area contributed by atoms with Crippen molar-refractivity contribution in [2.24, 2.45) is 17.4 Å². The molecule has 7 aromatic rings. The zero-order valence-electron chi connectivity index (χ0n) is 70.4. The van der Waals surface area contributed by atoms with Crippen LogP contribution in [0.1, 0.15) is 117 Å². The van der Waals surface area contributed by atoms with Gasteiger partial charge in [-0.25, -0.2) is 9.59 Å². The lowest BCUT2D eigenvalue weighted by molar-refractivity contribution is -0.142. The molecule has 10 atom stereocenters. The lowest BCUT2D eigenvalue weighted by Gasteiger charge is -2.31. The number of urea groups is 2. The maximum Gasteiger partial charge on any atom is 0.319 e. The number of aliphatic hydroxyl groups excluding tert-OH is 1. The summed E-state index contributed by atoms with van der Waals surface area (Å²) < 4.78 is 5.57. The molecule has 0 aliphatic carbocycles. The highest BCUT2D eigenvalue weighted by atomic mass is 35.5. The molecule has 662 valence electrons. The van der Waals surface area contributed by atoms with Crippen LogP contribution in [0.4, 0.5) is 15.3 Å². The third kappa shape index (κ3) is 30.8. The Morgan fingerprint density at radius 1 is 0.500 bits per heavy atom. The van der Waals surface area contributed by atoms with Gasteiger partial charge in [0.2, 0.25) is 59.1 Å². The molecule has 9 rings (SSSR count). The van der Waals surface area contributed by atoms with Crippen molar-refractivity contribution in [3.05, 3.63) is 208 Å². The number of carbonyl (C=O) groups excluding carboxylic acids is 13. The number of nitrogens with one attached hydrogen (secondary N) is 13. The largest absolute Gasteiger partial charge is 0.394 e. The Bertz CT molecular complexity index is 4760. The predicted octanol–water partition coefficient (Wildman–Crippen LogP) is 2.80. The van der Waals surface area contributed by atoms with E-state index in [4.69, 9.17) is 27.8 Å². The first kappa shape index (κ1) is 95.3. The maximum absolute atomic E-state index is 15.6. The monoisotopic (exact) mass is 1720 g/mol. The molecule has 0 unspecified atom stereocenters. The molecule has 18 N–H and O–H groups in total. The van der Waals surface area contributed by atoms with Crippen molar-refractivity contribution in [1.82, 2.24) is 83.6 Å². The summed E-state index contributed by atoms with van der Waals surface area (Å²) in [6.07, 6.45) is 6.69. The van der Waals surface area contributed by atoms with Gasteiger partial charge >= 0.3 is 12.1 Å². The number of aliphatic hydroxyl groups is 1. The van der Waals surface area contributed by atoms with Gasteiger partial charge in [-0.3, -0.25) is 67.6 Å². The van der Waals surface area contributed by atoms with Crippen molar-refractivity contribution >= 4 is 105 Å². The van der Waals surface area contributed by atoms with Gasteiger partial charge in [0, 0.05) is 113 Å². The first-order valence-corrected chi connectivity index (χ1v) is 42.2. The van der Waals surface area contributed by atoms with Crippen molar-refractivity contribution in [3.8, 4) is 0 Å². The standard InChI is InChI=1S/C89H114ClN19O15/c1-54(2)43-69(79(113)100-68(17-8-9-35-95-55(3)4)87(121)109-38-12-18-76(109)86(120)98-56(5)77(91)111)101-80(114)71(47-59-26-31-67(32-27-59)99-89(123)97-37-36-96-78(112)65-16-11-34-94-51-65)102-82(116)72(45-57-19-21-60(22-20-57)52-108-39-41-124-42-40-108)105-85(119)75(53-110)106-83(117)73(49-62-13-10-33-93-50-62)104-81(115)70(46-58-24-29-66(90)30-25-58)103-84(118)74(107-88(92)122)48-61-23-28-63-14-6-7-15-64(63)44-61/h6-7,10-11,13-16,19-34,44,50-51,54-56,68-76,95,110H,8-9,12,17-18,35-43,45-49,52-53H2,1-5H3,(H2,91,111)(H,96,112)(H,98,120)(H,100,113)(H,101,114)(H,102,116)(H,103,118)(H,104,115)(H,105,119)(H,106,117)(H3,92,107,122)(H2,97,99,123)/t56-,68+,69+,70-,71-,72+,73-,74-,75+,76+/m1/s1. The maximum atomic E-state index is 15.6. The molecule has 15 amide bonds. The number of hydrogen-bond acceptors (Lipinski definition) is 19. The van der Waals surface area contributed by atoms with Gasteiger partial charge in [-0.1, -0.05) is 136 Å². The van der Waals surface area contributed by atoms with E-state index in [2.05, 4.69) is 84.0 Å². The Hall–Kier alpha value is -12.5. The second-order valence-corrected chi connectivity index (χ2v) is 32.1. The summed E-state index contributed by atoms with van der Waals surface area (Å²) in [6, 6.07) is 23.9. The van der Waals surface area contributed by atoms with Gasteiger partial charge in [-0.05, 0) is 145 Å². The molecule has 0 spiro atoms. The van der Waals surface area contributed by atoms with Crippen LogP contribution in [0, 0.1) is 5.92 Å². The van der Waals surface area contributed by atoms with Gasteiger partial charge in [0.15, 0.2) is 0 Å². The number of anilines is 1. The first-order valence-electron chi connectivity index (χ1n) is 41.8. The molecule has 34 nitrogen and oxygen atoms in total. The van der Waals surface area contributed by atoms with Gasteiger partial charge < -0.3 is 95.3 Å². The average molecular weight is 1730 g/mol. The van der Waals surface area contributed by atoms with Crippen molar-refractivity contribution in [1.29, 1.82) is 0 Å². The van der Waals surface area contributed by atoms with E-state index >= 15 is 28.8 Å². The molecule has 2 fully saturated rings. The summed E-state index contributed by atoms with van der Waals surface area (Å²) in [5.74, 6) is -9.05. The molecule has 0 radical (unpaired) electrons. The molecular weight excluding hydrogens is 1610 g/mol. The number of fused-ring (bicyclic) bond motifs is 1. The fourth-order valence-corrected chi connectivity index (χ4v) is 14.5. The van der Waals surface area contributed by atoms with Crippen molar-refractivity contribution in [2.45, 2.75) is 178 Å². The van der Waals surface area contributed by atoms with E-state index in [1.54, 1.807) is 91.0 Å². The Morgan fingerprint density at radius 3 is 1.56 bits per heavy atom. The predicted molar refractivity (Wildman–Crippen MR) is 466 cm³/mol. The third-order valence-corrected chi connectivity index (χ3v) is 21.3. The number of amides is 15. The molecule has 2 saturated heterocycles. The fourth-order valence-electron chi connectivity index (χ4n) is 14.4. The molecule has 35 heteroatoms. The van der Waals surface area contributed by atoms with E-state index in [9.17, 15) is 38.7 Å². The van der Waals surface area contributed by atoms with Crippen LogP contribution >= 0.6 is 11.6 Å². The molecule has 2 aliphatic rings. The number of nitrogens with zero attached hydrogens (tertiary/aromatic N) is 4. The Labute approximate surface area is 725 Å². The Morgan fingerprint density at radius 2 is 1.00 bits per heavy atom. The number of ether oxygens (including phenoxy) is 1. The molecule has 124 heavy (non-hydrogen) atoms. The topological polar surface area (TPSA) is 492 Å². The van der Waals surface area contributed by atoms with Gasteiger partial charge in [0.1, 0.15) is 60.4 Å². The van der Waals surface area contributed by atoms with Crippen LogP contribution in [-0.2, 0) is 91.3 Å². The average Bonchev–Trinajstić information content (AvgIpc) is 1.23. The van der Waals surface area contributed by atoms with Crippen LogP contribution in [0.3, 0.4) is 0 Å². The van der Waals surface area contributed by atoms with Gasteiger partial charge in [-0.15, -0.1) is 0 Å². The molecule has 2 aliphatic heterocycles. The molecular formula is C89H114ClN19O15. The number of hydrogen-bond donors (Lipinski definition) is 16. The summed E-state index contributed by atoms with van der Waals surface area (Å²) >= 11 is 6.29.